The second-order valence-electron chi connectivity index (χ2n) is 5.55. The smallest absolute Gasteiger partial charge is 0.132 e. The minimum Gasteiger partial charge on any atom is -0.356 e. The van der Waals surface area contributed by atoms with Crippen molar-refractivity contribution in [3.63, 3.8) is 0 Å². The molecule has 106 valence electrons. The summed E-state index contributed by atoms with van der Waals surface area (Å²) in [6.07, 6.45) is 3.72. The van der Waals surface area contributed by atoms with Crippen LogP contribution >= 0.6 is 0 Å². The van der Waals surface area contributed by atoms with E-state index in [1.54, 1.807) is 0 Å². The first-order valence-electron chi connectivity index (χ1n) is 7.47. The van der Waals surface area contributed by atoms with E-state index in [0.717, 1.165) is 55.9 Å². The van der Waals surface area contributed by atoms with Crippen LogP contribution in [0.4, 0.5) is 5.82 Å². The van der Waals surface area contributed by atoms with Gasteiger partial charge in [0.2, 0.25) is 0 Å². The Morgan fingerprint density at radius 2 is 2.00 bits per heavy atom. The Morgan fingerprint density at radius 1 is 1.26 bits per heavy atom. The van der Waals surface area contributed by atoms with Gasteiger partial charge in [-0.1, -0.05) is 6.92 Å². The van der Waals surface area contributed by atoms with Gasteiger partial charge in [-0.2, -0.15) is 0 Å². The molecule has 19 heavy (non-hydrogen) atoms. The zero-order valence-electron chi connectivity index (χ0n) is 12.4. The molecule has 0 atom stereocenters. The van der Waals surface area contributed by atoms with E-state index in [2.05, 4.69) is 33.2 Å². The number of anilines is 1. The maximum Gasteiger partial charge on any atom is 0.132 e. The van der Waals surface area contributed by atoms with Crippen molar-refractivity contribution in [1.29, 1.82) is 0 Å². The van der Waals surface area contributed by atoms with Gasteiger partial charge in [-0.25, -0.2) is 9.97 Å². The summed E-state index contributed by atoms with van der Waals surface area (Å²) in [6, 6.07) is 2.11. The number of hydrogen-bond acceptors (Lipinski definition) is 4. The first-order chi connectivity index (χ1) is 9.19. The minimum atomic E-state index is 0.795. The molecule has 2 heterocycles. The third kappa shape index (κ3) is 4.16. The molecule has 4 heteroatoms. The third-order valence-electron chi connectivity index (χ3n) is 3.71. The van der Waals surface area contributed by atoms with Crippen LogP contribution in [0.25, 0.3) is 0 Å². The Balaban J connectivity index is 2.09. The molecule has 1 aromatic rings. The second-order valence-corrected chi connectivity index (χ2v) is 5.55. The second kappa shape index (κ2) is 6.85. The van der Waals surface area contributed by atoms with Crippen LogP contribution < -0.4 is 10.2 Å². The van der Waals surface area contributed by atoms with Crippen molar-refractivity contribution in [3.05, 3.63) is 17.6 Å². The molecule has 1 saturated heterocycles. The molecule has 0 unspecified atom stereocenters. The molecular formula is C15H26N4. The van der Waals surface area contributed by atoms with E-state index < -0.39 is 0 Å². The van der Waals surface area contributed by atoms with Gasteiger partial charge < -0.3 is 10.2 Å². The summed E-state index contributed by atoms with van der Waals surface area (Å²) in [5.74, 6) is 2.77. The Morgan fingerprint density at radius 3 is 2.63 bits per heavy atom. The third-order valence-corrected chi connectivity index (χ3v) is 3.71. The molecule has 1 aliphatic rings. The molecule has 0 radical (unpaired) electrons. The van der Waals surface area contributed by atoms with Crippen molar-refractivity contribution in [2.45, 2.75) is 40.0 Å². The number of nitrogens with one attached hydrogen (secondary N) is 1. The molecule has 0 bridgehead atoms. The van der Waals surface area contributed by atoms with E-state index in [-0.39, 0.29) is 0 Å². The van der Waals surface area contributed by atoms with Crippen LogP contribution in [0.2, 0.25) is 0 Å². The summed E-state index contributed by atoms with van der Waals surface area (Å²) in [7, 11) is 0. The summed E-state index contributed by atoms with van der Waals surface area (Å²) in [6.45, 7) is 10.8. The van der Waals surface area contributed by atoms with E-state index >= 15 is 0 Å². The Hall–Kier alpha value is -1.16. The van der Waals surface area contributed by atoms with Crippen molar-refractivity contribution >= 4 is 5.82 Å². The summed E-state index contributed by atoms with van der Waals surface area (Å²) in [5.41, 5.74) is 1.06. The molecule has 4 nitrogen and oxygen atoms in total. The molecule has 2 rings (SSSR count). The topological polar surface area (TPSA) is 41.0 Å². The van der Waals surface area contributed by atoms with Crippen LogP contribution in [0.3, 0.4) is 0 Å². The highest BCUT2D eigenvalue weighted by molar-refractivity contribution is 5.39. The number of aryl methyl sites for hydroxylation is 2. The van der Waals surface area contributed by atoms with Crippen molar-refractivity contribution in [2.24, 2.45) is 5.92 Å². The summed E-state index contributed by atoms with van der Waals surface area (Å²) < 4.78 is 0. The van der Waals surface area contributed by atoms with Gasteiger partial charge in [0.05, 0.1) is 0 Å². The lowest BCUT2D eigenvalue weighted by Gasteiger charge is -2.31. The Kier molecular flexibility index (Phi) is 5.14. The van der Waals surface area contributed by atoms with Gasteiger partial charge in [0.15, 0.2) is 0 Å². The lowest BCUT2D eigenvalue weighted by molar-refractivity contribution is 0.372. The fourth-order valence-corrected chi connectivity index (χ4v) is 2.80. The highest BCUT2D eigenvalue weighted by Crippen LogP contribution is 2.19. The zero-order valence-corrected chi connectivity index (χ0v) is 12.4. The zero-order chi connectivity index (χ0) is 13.7. The Bertz CT molecular complexity index is 379. The van der Waals surface area contributed by atoms with Gasteiger partial charge in [0.25, 0.3) is 0 Å². The summed E-state index contributed by atoms with van der Waals surface area (Å²) in [4.78, 5) is 11.4. The number of piperidine rings is 1. The molecule has 0 amide bonds. The average Bonchev–Trinajstić information content (AvgIpc) is 2.38. The fourth-order valence-electron chi connectivity index (χ4n) is 2.80. The number of aromatic nitrogens is 2. The molecule has 1 fully saturated rings. The monoisotopic (exact) mass is 262 g/mol. The molecule has 1 aliphatic heterocycles. The standard InChI is InChI=1S/C15H26N4/c1-4-9-19(11-14-5-7-16-8-6-14)15-10-12(2)17-13(3)18-15/h10,14,16H,4-9,11H2,1-3H3. The van der Waals surface area contributed by atoms with Crippen LogP contribution in [0, 0.1) is 19.8 Å². The summed E-state index contributed by atoms with van der Waals surface area (Å²) >= 11 is 0. The van der Waals surface area contributed by atoms with Crippen LogP contribution in [0.5, 0.6) is 0 Å². The van der Waals surface area contributed by atoms with E-state index in [4.69, 9.17) is 0 Å². The van der Waals surface area contributed by atoms with E-state index in [1.807, 2.05) is 13.8 Å². The van der Waals surface area contributed by atoms with Crippen LogP contribution in [-0.2, 0) is 0 Å². The van der Waals surface area contributed by atoms with Crippen molar-refractivity contribution < 1.29 is 0 Å². The predicted molar refractivity (Wildman–Crippen MR) is 79.6 cm³/mol. The largest absolute Gasteiger partial charge is 0.356 e. The lowest BCUT2D eigenvalue weighted by Crippen LogP contribution is -2.37. The highest BCUT2D eigenvalue weighted by Gasteiger charge is 2.18. The maximum absolute atomic E-state index is 4.62. The average molecular weight is 262 g/mol. The van der Waals surface area contributed by atoms with Gasteiger partial charge in [0.1, 0.15) is 11.6 Å². The van der Waals surface area contributed by atoms with Crippen LogP contribution in [0.1, 0.15) is 37.7 Å². The Labute approximate surface area is 116 Å². The maximum atomic E-state index is 4.62. The molecule has 0 aliphatic carbocycles. The van der Waals surface area contributed by atoms with Gasteiger partial charge >= 0.3 is 0 Å². The molecule has 1 aromatic heterocycles. The number of nitrogens with zero attached hydrogens (tertiary/aromatic N) is 3. The minimum absolute atomic E-state index is 0.795. The van der Waals surface area contributed by atoms with E-state index in [0.29, 0.717) is 0 Å². The van der Waals surface area contributed by atoms with Gasteiger partial charge in [-0.05, 0) is 52.1 Å². The quantitative estimate of drug-likeness (QED) is 0.884. The molecular weight excluding hydrogens is 236 g/mol. The van der Waals surface area contributed by atoms with Crippen molar-refractivity contribution in [2.75, 3.05) is 31.1 Å². The van der Waals surface area contributed by atoms with Gasteiger partial charge in [0, 0.05) is 24.8 Å². The van der Waals surface area contributed by atoms with Gasteiger partial charge in [-0.3, -0.25) is 0 Å². The number of hydrogen-bond donors (Lipinski definition) is 1. The van der Waals surface area contributed by atoms with Crippen LogP contribution in [-0.4, -0.2) is 36.1 Å². The summed E-state index contributed by atoms with van der Waals surface area (Å²) in [5, 5.41) is 3.43. The molecule has 1 N–H and O–H groups in total. The normalized spacial score (nSPS) is 16.6. The first-order valence-corrected chi connectivity index (χ1v) is 7.47. The van der Waals surface area contributed by atoms with Crippen molar-refractivity contribution in [1.82, 2.24) is 15.3 Å². The SMILES string of the molecule is CCCN(CC1CCNCC1)c1cc(C)nc(C)n1. The first kappa shape index (κ1) is 14.3. The highest BCUT2D eigenvalue weighted by atomic mass is 15.2. The molecule has 0 saturated carbocycles. The molecule has 0 spiro atoms. The number of rotatable bonds is 5. The van der Waals surface area contributed by atoms with Crippen molar-refractivity contribution in [3.8, 4) is 0 Å². The van der Waals surface area contributed by atoms with E-state index in [1.165, 1.54) is 12.8 Å². The lowest BCUT2D eigenvalue weighted by atomic mass is 9.97. The predicted octanol–water partition coefficient (Wildman–Crippen LogP) is 2.31. The van der Waals surface area contributed by atoms with E-state index in [9.17, 15) is 0 Å². The fraction of sp³-hybridized carbons (Fsp3) is 0.733. The van der Waals surface area contributed by atoms with Gasteiger partial charge in [-0.15, -0.1) is 0 Å². The molecule has 0 aromatic carbocycles. The van der Waals surface area contributed by atoms with Crippen LogP contribution in [0.15, 0.2) is 6.07 Å².